The Hall–Kier alpha value is -2.44. The summed E-state index contributed by atoms with van der Waals surface area (Å²) in [5, 5.41) is 7.22. The van der Waals surface area contributed by atoms with Crippen LogP contribution in [0.2, 0.25) is 0 Å². The lowest BCUT2D eigenvalue weighted by molar-refractivity contribution is -0.671. The van der Waals surface area contributed by atoms with Crippen LogP contribution in [0.4, 0.5) is 0 Å². The summed E-state index contributed by atoms with van der Waals surface area (Å²) < 4.78 is 8.09. The first kappa shape index (κ1) is 11.6. The summed E-state index contributed by atoms with van der Waals surface area (Å²) in [6.07, 6.45) is 12.0. The van der Waals surface area contributed by atoms with Crippen LogP contribution in [-0.2, 0) is 27.2 Å². The Morgan fingerprint density at radius 2 is 1.68 bits per heavy atom. The summed E-state index contributed by atoms with van der Waals surface area (Å²) in [5.74, 6) is 1.66. The van der Waals surface area contributed by atoms with Gasteiger partial charge >= 0.3 is 0 Å². The predicted octanol–water partition coefficient (Wildman–Crippen LogP) is -0.847. The zero-order valence-corrected chi connectivity index (χ0v) is 11.1. The van der Waals surface area contributed by atoms with Crippen LogP contribution >= 0.6 is 0 Å². The molecule has 0 spiro atoms. The van der Waals surface area contributed by atoms with Crippen LogP contribution in [0.25, 0.3) is 0 Å². The third-order valence-electron chi connectivity index (χ3n) is 2.88. The van der Waals surface area contributed by atoms with Crippen LogP contribution in [0.15, 0.2) is 37.4 Å². The molecule has 0 atom stereocenters. The number of H-pyrrole nitrogens is 1. The molecule has 0 amide bonds. The van der Waals surface area contributed by atoms with E-state index in [1.165, 1.54) is 0 Å². The molecule has 0 aliphatic carbocycles. The topological polar surface area (TPSA) is 59.2 Å². The number of nitrogens with zero attached hydrogens (tertiary/aromatic N) is 6. The maximum absolute atomic E-state index is 4.49. The lowest BCUT2D eigenvalue weighted by Crippen LogP contribution is -2.24. The van der Waals surface area contributed by atoms with E-state index in [-0.39, 0.29) is 0 Å². The van der Waals surface area contributed by atoms with Gasteiger partial charge in [-0.15, -0.1) is 0 Å². The van der Waals surface area contributed by atoms with Crippen molar-refractivity contribution in [3.05, 3.63) is 49.1 Å². The quantitative estimate of drug-likeness (QED) is 0.621. The SMILES string of the molecule is C[n+]1ccn(Cc2n[nH]c(Cn3cc[n+](C)c3)n2)c1. The van der Waals surface area contributed by atoms with E-state index in [9.17, 15) is 0 Å². The second-order valence-electron chi connectivity index (χ2n) is 4.70. The molecular formula is C12H17N7+2. The number of hydrogen-bond acceptors (Lipinski definition) is 2. The average molecular weight is 259 g/mol. The van der Waals surface area contributed by atoms with Gasteiger partial charge in [-0.3, -0.25) is 5.10 Å². The average Bonchev–Trinajstić information content (AvgIpc) is 3.05. The van der Waals surface area contributed by atoms with Gasteiger partial charge in [-0.1, -0.05) is 0 Å². The Morgan fingerprint density at radius 3 is 2.26 bits per heavy atom. The molecule has 3 aromatic heterocycles. The lowest BCUT2D eigenvalue weighted by Gasteiger charge is -1.90. The summed E-state index contributed by atoms with van der Waals surface area (Å²) in [6, 6.07) is 0. The van der Waals surface area contributed by atoms with Gasteiger partial charge in [-0.05, 0) is 0 Å². The molecule has 0 aliphatic heterocycles. The van der Waals surface area contributed by atoms with E-state index in [1.807, 2.05) is 65.2 Å². The smallest absolute Gasteiger partial charge is 0.243 e. The van der Waals surface area contributed by atoms with Crippen LogP contribution in [0.1, 0.15) is 11.6 Å². The van der Waals surface area contributed by atoms with Gasteiger partial charge in [-0.25, -0.2) is 23.3 Å². The van der Waals surface area contributed by atoms with Crippen LogP contribution < -0.4 is 9.13 Å². The Balaban J connectivity index is 1.69. The fourth-order valence-electron chi connectivity index (χ4n) is 2.00. The molecule has 7 nitrogen and oxygen atoms in total. The molecule has 19 heavy (non-hydrogen) atoms. The number of imidazole rings is 2. The molecule has 1 N–H and O–H groups in total. The molecule has 0 radical (unpaired) electrons. The Bertz CT molecular complexity index is 619. The minimum Gasteiger partial charge on any atom is -0.260 e. The van der Waals surface area contributed by atoms with E-state index in [0.29, 0.717) is 13.1 Å². The molecule has 0 bridgehead atoms. The number of hydrogen-bond donors (Lipinski definition) is 1. The van der Waals surface area contributed by atoms with Gasteiger partial charge in [0, 0.05) is 0 Å². The molecule has 0 aromatic carbocycles. The molecule has 3 aromatic rings. The van der Waals surface area contributed by atoms with Gasteiger partial charge in [0.2, 0.25) is 12.7 Å². The van der Waals surface area contributed by atoms with E-state index in [1.54, 1.807) is 0 Å². The molecule has 0 aliphatic rings. The largest absolute Gasteiger partial charge is 0.260 e. The van der Waals surface area contributed by atoms with Crippen LogP contribution in [0.3, 0.4) is 0 Å². The first-order chi connectivity index (χ1) is 9.19. The third kappa shape index (κ3) is 2.70. The van der Waals surface area contributed by atoms with Crippen molar-refractivity contribution in [2.24, 2.45) is 14.1 Å². The van der Waals surface area contributed by atoms with Crippen molar-refractivity contribution in [1.29, 1.82) is 0 Å². The van der Waals surface area contributed by atoms with E-state index in [0.717, 1.165) is 11.6 Å². The van der Waals surface area contributed by atoms with E-state index in [2.05, 4.69) is 19.7 Å². The highest BCUT2D eigenvalue weighted by Gasteiger charge is 2.10. The zero-order chi connectivity index (χ0) is 13.2. The highest BCUT2D eigenvalue weighted by atomic mass is 15.3. The summed E-state index contributed by atoms with van der Waals surface area (Å²) in [7, 11) is 3.99. The number of aromatic amines is 1. The van der Waals surface area contributed by atoms with Gasteiger partial charge in [0.05, 0.1) is 14.1 Å². The molecule has 0 unspecified atom stereocenters. The number of aryl methyl sites for hydroxylation is 2. The normalized spacial score (nSPS) is 11.1. The summed E-state index contributed by atoms with van der Waals surface area (Å²) in [5.41, 5.74) is 0. The van der Waals surface area contributed by atoms with Crippen LogP contribution in [0, 0.1) is 0 Å². The van der Waals surface area contributed by atoms with Crippen molar-refractivity contribution in [2.75, 3.05) is 0 Å². The number of rotatable bonds is 4. The number of aromatic nitrogens is 7. The zero-order valence-electron chi connectivity index (χ0n) is 11.1. The van der Waals surface area contributed by atoms with E-state index in [4.69, 9.17) is 0 Å². The first-order valence-corrected chi connectivity index (χ1v) is 6.11. The molecule has 98 valence electrons. The highest BCUT2D eigenvalue weighted by Crippen LogP contribution is 1.98. The molecule has 3 rings (SSSR count). The summed E-state index contributed by atoms with van der Waals surface area (Å²) >= 11 is 0. The van der Waals surface area contributed by atoms with Gasteiger partial charge in [0.1, 0.15) is 31.3 Å². The van der Waals surface area contributed by atoms with Crippen LogP contribution in [0.5, 0.6) is 0 Å². The van der Waals surface area contributed by atoms with Crippen molar-refractivity contribution in [3.8, 4) is 0 Å². The molecule has 7 heteroatoms. The monoisotopic (exact) mass is 259 g/mol. The highest BCUT2D eigenvalue weighted by molar-refractivity contribution is 4.92. The minimum absolute atomic E-state index is 0.677. The fraction of sp³-hybridized carbons (Fsp3) is 0.333. The summed E-state index contributed by atoms with van der Waals surface area (Å²) in [6.45, 7) is 1.38. The van der Waals surface area contributed by atoms with Crippen molar-refractivity contribution in [2.45, 2.75) is 13.1 Å². The second kappa shape index (κ2) is 4.68. The molecule has 0 fully saturated rings. The summed E-state index contributed by atoms with van der Waals surface area (Å²) in [4.78, 5) is 4.49. The van der Waals surface area contributed by atoms with Gasteiger partial charge in [0.25, 0.3) is 0 Å². The number of nitrogens with one attached hydrogen (secondary N) is 1. The van der Waals surface area contributed by atoms with Gasteiger partial charge in [-0.2, -0.15) is 5.10 Å². The molecule has 0 saturated carbocycles. The molecule has 3 heterocycles. The van der Waals surface area contributed by atoms with Crippen LogP contribution in [-0.4, -0.2) is 24.3 Å². The molecule has 0 saturated heterocycles. The van der Waals surface area contributed by atoms with E-state index < -0.39 is 0 Å². The Labute approximate surface area is 110 Å². The standard InChI is InChI=1S/C12H17N7/c1-16-3-5-18(9-16)7-11-13-12(15-14-11)8-19-6-4-17(2)10-19/h3-6,9-10H,7-8H2,1-2H3,(H,13,14,15)/q+2. The van der Waals surface area contributed by atoms with Crippen molar-refractivity contribution in [3.63, 3.8) is 0 Å². The first-order valence-electron chi connectivity index (χ1n) is 6.11. The van der Waals surface area contributed by atoms with Crippen molar-refractivity contribution in [1.82, 2.24) is 24.3 Å². The maximum Gasteiger partial charge on any atom is 0.243 e. The fourth-order valence-corrected chi connectivity index (χ4v) is 2.00. The Kier molecular flexibility index (Phi) is 2.86. The third-order valence-corrected chi connectivity index (χ3v) is 2.88. The van der Waals surface area contributed by atoms with Crippen molar-refractivity contribution < 1.29 is 9.13 Å². The Morgan fingerprint density at radius 1 is 1.05 bits per heavy atom. The van der Waals surface area contributed by atoms with E-state index >= 15 is 0 Å². The van der Waals surface area contributed by atoms with Crippen molar-refractivity contribution >= 4 is 0 Å². The second-order valence-corrected chi connectivity index (χ2v) is 4.70. The molecular weight excluding hydrogens is 242 g/mol. The van der Waals surface area contributed by atoms with Gasteiger partial charge in [0.15, 0.2) is 18.2 Å². The predicted molar refractivity (Wildman–Crippen MR) is 65.8 cm³/mol. The minimum atomic E-state index is 0.677. The maximum atomic E-state index is 4.49. The van der Waals surface area contributed by atoms with Gasteiger partial charge < -0.3 is 0 Å². The lowest BCUT2D eigenvalue weighted by atomic mass is 10.5.